The zero-order chi connectivity index (χ0) is 17.2. The number of para-hydroxylation sites is 2. The molecule has 0 unspecified atom stereocenters. The number of aryl methyl sites for hydroxylation is 1. The first-order valence-electron chi connectivity index (χ1n) is 8.38. The van der Waals surface area contributed by atoms with Crippen LogP contribution in [0.3, 0.4) is 0 Å². The van der Waals surface area contributed by atoms with Crippen LogP contribution in [0.1, 0.15) is 11.4 Å². The average molecular weight is 331 g/mol. The van der Waals surface area contributed by atoms with Crippen LogP contribution in [0.5, 0.6) is 0 Å². The molecule has 0 aliphatic heterocycles. The van der Waals surface area contributed by atoms with Crippen LogP contribution in [0.15, 0.2) is 67.0 Å². The molecule has 0 radical (unpaired) electrons. The zero-order valence-electron chi connectivity index (χ0n) is 14.5. The van der Waals surface area contributed by atoms with Crippen molar-refractivity contribution in [1.82, 2.24) is 24.2 Å². The van der Waals surface area contributed by atoms with Gasteiger partial charge in [0.1, 0.15) is 5.82 Å². The lowest BCUT2D eigenvalue weighted by Crippen LogP contribution is -2.19. The highest BCUT2D eigenvalue weighted by Gasteiger charge is 2.10. The molecule has 4 aromatic rings. The van der Waals surface area contributed by atoms with Crippen molar-refractivity contribution in [2.24, 2.45) is 7.05 Å². The van der Waals surface area contributed by atoms with E-state index in [1.807, 2.05) is 23.0 Å². The van der Waals surface area contributed by atoms with Gasteiger partial charge in [-0.1, -0.05) is 24.3 Å². The molecule has 2 aromatic heterocycles. The van der Waals surface area contributed by atoms with Gasteiger partial charge in [-0.25, -0.2) is 9.67 Å². The Kier molecular flexibility index (Phi) is 4.07. The Hall–Kier alpha value is -2.92. The number of hydrogen-bond acceptors (Lipinski definition) is 3. The summed E-state index contributed by atoms with van der Waals surface area (Å²) in [5.41, 5.74) is 4.56. The van der Waals surface area contributed by atoms with Crippen molar-refractivity contribution in [3.8, 4) is 5.69 Å². The topological polar surface area (TPSA) is 38.9 Å². The Labute approximate surface area is 147 Å². The normalized spacial score (nSPS) is 11.5. The fourth-order valence-electron chi connectivity index (χ4n) is 3.16. The maximum Gasteiger partial charge on any atom is 0.123 e. The molecule has 2 heterocycles. The minimum Gasteiger partial charge on any atom is -0.330 e. The van der Waals surface area contributed by atoms with Crippen LogP contribution in [0, 0.1) is 0 Å². The quantitative estimate of drug-likeness (QED) is 0.563. The first kappa shape index (κ1) is 15.6. The first-order valence-corrected chi connectivity index (χ1v) is 8.38. The molecule has 2 aromatic carbocycles. The van der Waals surface area contributed by atoms with Crippen molar-refractivity contribution < 1.29 is 0 Å². The van der Waals surface area contributed by atoms with E-state index in [0.29, 0.717) is 0 Å². The number of aromatic nitrogens is 4. The molecule has 0 aliphatic carbocycles. The second-order valence-electron chi connectivity index (χ2n) is 6.37. The lowest BCUT2D eigenvalue weighted by Gasteiger charge is -2.17. The van der Waals surface area contributed by atoms with Crippen LogP contribution in [-0.2, 0) is 20.1 Å². The van der Waals surface area contributed by atoms with E-state index in [-0.39, 0.29) is 0 Å². The Bertz CT molecular complexity index is 984. The van der Waals surface area contributed by atoms with Crippen LogP contribution in [0.25, 0.3) is 16.7 Å². The molecule has 4 rings (SSSR count). The second kappa shape index (κ2) is 6.53. The largest absolute Gasteiger partial charge is 0.330 e. The minimum atomic E-state index is 0.803. The van der Waals surface area contributed by atoms with Gasteiger partial charge in [-0.3, -0.25) is 4.90 Å². The number of hydrogen-bond donors (Lipinski definition) is 0. The molecule has 0 aliphatic rings. The Morgan fingerprint density at radius 2 is 1.88 bits per heavy atom. The highest BCUT2D eigenvalue weighted by Crippen LogP contribution is 2.17. The van der Waals surface area contributed by atoms with E-state index in [1.54, 1.807) is 6.20 Å². The molecule has 5 nitrogen and oxygen atoms in total. The van der Waals surface area contributed by atoms with Crippen LogP contribution >= 0.6 is 0 Å². The van der Waals surface area contributed by atoms with E-state index in [1.165, 1.54) is 11.1 Å². The molecule has 0 saturated carbocycles. The SMILES string of the molecule is CN(Cc1cccc(-n2cccn2)c1)Cc1nc2ccccc2n1C. The predicted octanol–water partition coefficient (Wildman–Crippen LogP) is 3.39. The Morgan fingerprint density at radius 1 is 1.00 bits per heavy atom. The van der Waals surface area contributed by atoms with Gasteiger partial charge >= 0.3 is 0 Å². The van der Waals surface area contributed by atoms with Crippen molar-refractivity contribution in [2.75, 3.05) is 7.05 Å². The van der Waals surface area contributed by atoms with Crippen molar-refractivity contribution >= 4 is 11.0 Å². The monoisotopic (exact) mass is 331 g/mol. The molecule has 0 fully saturated rings. The van der Waals surface area contributed by atoms with Gasteiger partial charge in [0.2, 0.25) is 0 Å². The Morgan fingerprint density at radius 3 is 2.68 bits per heavy atom. The minimum absolute atomic E-state index is 0.803. The number of fused-ring (bicyclic) bond motifs is 1. The molecule has 0 bridgehead atoms. The summed E-state index contributed by atoms with van der Waals surface area (Å²) in [5.74, 6) is 1.08. The molecule has 25 heavy (non-hydrogen) atoms. The third-order valence-electron chi connectivity index (χ3n) is 4.42. The fraction of sp³-hybridized carbons (Fsp3) is 0.200. The molecule has 0 atom stereocenters. The lowest BCUT2D eigenvalue weighted by molar-refractivity contribution is 0.307. The average Bonchev–Trinajstić information content (AvgIpc) is 3.25. The van der Waals surface area contributed by atoms with Crippen molar-refractivity contribution in [3.63, 3.8) is 0 Å². The van der Waals surface area contributed by atoms with Gasteiger partial charge in [-0.2, -0.15) is 5.10 Å². The fourth-order valence-corrected chi connectivity index (χ4v) is 3.16. The van der Waals surface area contributed by atoms with Crippen molar-refractivity contribution in [2.45, 2.75) is 13.1 Å². The number of benzene rings is 2. The van der Waals surface area contributed by atoms with Crippen LogP contribution in [0.4, 0.5) is 0 Å². The van der Waals surface area contributed by atoms with E-state index in [0.717, 1.165) is 30.1 Å². The highest BCUT2D eigenvalue weighted by molar-refractivity contribution is 5.75. The molecule has 5 heteroatoms. The standard InChI is InChI=1S/C20H21N5/c1-23(15-20-22-18-9-3-4-10-19(18)24(20)2)14-16-7-5-8-17(13-16)25-12-6-11-21-25/h3-13H,14-15H2,1-2H3. The maximum absolute atomic E-state index is 4.76. The zero-order valence-corrected chi connectivity index (χ0v) is 14.5. The van der Waals surface area contributed by atoms with Gasteiger partial charge in [-0.15, -0.1) is 0 Å². The summed E-state index contributed by atoms with van der Waals surface area (Å²) in [6.45, 7) is 1.66. The van der Waals surface area contributed by atoms with Gasteiger partial charge in [0.15, 0.2) is 0 Å². The third kappa shape index (κ3) is 3.19. The molecule has 0 amide bonds. The van der Waals surface area contributed by atoms with Gasteiger partial charge < -0.3 is 4.57 Å². The van der Waals surface area contributed by atoms with Crippen LogP contribution < -0.4 is 0 Å². The number of nitrogens with zero attached hydrogens (tertiary/aromatic N) is 5. The molecular weight excluding hydrogens is 310 g/mol. The second-order valence-corrected chi connectivity index (χ2v) is 6.37. The summed E-state index contributed by atoms with van der Waals surface area (Å²) < 4.78 is 4.06. The van der Waals surface area contributed by atoms with E-state index < -0.39 is 0 Å². The highest BCUT2D eigenvalue weighted by atomic mass is 15.3. The lowest BCUT2D eigenvalue weighted by atomic mass is 10.2. The van der Waals surface area contributed by atoms with Gasteiger partial charge in [0.25, 0.3) is 0 Å². The summed E-state index contributed by atoms with van der Waals surface area (Å²) >= 11 is 0. The van der Waals surface area contributed by atoms with E-state index in [9.17, 15) is 0 Å². The van der Waals surface area contributed by atoms with Gasteiger partial charge in [0, 0.05) is 26.0 Å². The van der Waals surface area contributed by atoms with E-state index in [2.05, 4.69) is 71.1 Å². The summed E-state index contributed by atoms with van der Waals surface area (Å²) in [4.78, 5) is 7.04. The summed E-state index contributed by atoms with van der Waals surface area (Å²) in [6.07, 6.45) is 3.76. The van der Waals surface area contributed by atoms with E-state index in [4.69, 9.17) is 4.98 Å². The molecule has 0 N–H and O–H groups in total. The van der Waals surface area contributed by atoms with Gasteiger partial charge in [-0.05, 0) is 42.9 Å². The predicted molar refractivity (Wildman–Crippen MR) is 99.4 cm³/mol. The molecule has 126 valence electrons. The number of imidazole rings is 1. The van der Waals surface area contributed by atoms with Crippen molar-refractivity contribution in [1.29, 1.82) is 0 Å². The summed E-state index contributed by atoms with van der Waals surface area (Å²) in [5, 5.41) is 4.30. The molecule has 0 saturated heterocycles. The number of rotatable bonds is 5. The van der Waals surface area contributed by atoms with Crippen LogP contribution in [-0.4, -0.2) is 31.3 Å². The van der Waals surface area contributed by atoms with E-state index >= 15 is 0 Å². The van der Waals surface area contributed by atoms with Gasteiger partial charge in [0.05, 0.1) is 23.3 Å². The maximum atomic E-state index is 4.76. The van der Waals surface area contributed by atoms with Crippen molar-refractivity contribution in [3.05, 3.63) is 78.4 Å². The molecular formula is C20H21N5. The molecule has 0 spiro atoms. The smallest absolute Gasteiger partial charge is 0.123 e. The third-order valence-corrected chi connectivity index (χ3v) is 4.42. The Balaban J connectivity index is 1.51. The van der Waals surface area contributed by atoms with Crippen LogP contribution in [0.2, 0.25) is 0 Å². The summed E-state index contributed by atoms with van der Waals surface area (Å²) in [6, 6.07) is 18.7. The summed E-state index contributed by atoms with van der Waals surface area (Å²) in [7, 11) is 4.21. The first-order chi connectivity index (χ1) is 12.2.